The second kappa shape index (κ2) is 8.25. The van der Waals surface area contributed by atoms with Crippen LogP contribution in [-0.4, -0.2) is 11.7 Å². The monoisotopic (exact) mass is 399 g/mol. The molecule has 0 spiro atoms. The summed E-state index contributed by atoms with van der Waals surface area (Å²) in [4.78, 5) is 23.5. The number of allylic oxidation sites excluding steroid dienone is 1. The van der Waals surface area contributed by atoms with Crippen molar-refractivity contribution >= 4 is 46.7 Å². The smallest absolute Gasteiger partial charge is 0.221 e. The van der Waals surface area contributed by atoms with Gasteiger partial charge in [0.1, 0.15) is 11.5 Å². The van der Waals surface area contributed by atoms with Crippen LogP contribution in [0.2, 0.25) is 10.0 Å². The summed E-state index contributed by atoms with van der Waals surface area (Å²) in [6.45, 7) is 1.41. The van der Waals surface area contributed by atoms with Crippen molar-refractivity contribution in [1.29, 1.82) is 0 Å². The van der Waals surface area contributed by atoms with Gasteiger partial charge in [-0.15, -0.1) is 0 Å². The van der Waals surface area contributed by atoms with Crippen LogP contribution < -0.4 is 5.32 Å². The highest BCUT2D eigenvalue weighted by Gasteiger charge is 2.12. The van der Waals surface area contributed by atoms with Crippen molar-refractivity contribution < 1.29 is 14.0 Å². The van der Waals surface area contributed by atoms with Crippen LogP contribution in [0, 0.1) is 0 Å². The predicted molar refractivity (Wildman–Crippen MR) is 108 cm³/mol. The lowest BCUT2D eigenvalue weighted by molar-refractivity contribution is -0.114. The van der Waals surface area contributed by atoms with Crippen molar-refractivity contribution in [2.24, 2.45) is 0 Å². The molecule has 0 bridgehead atoms. The van der Waals surface area contributed by atoms with Gasteiger partial charge in [-0.1, -0.05) is 41.4 Å². The summed E-state index contributed by atoms with van der Waals surface area (Å²) in [5, 5.41) is 3.62. The summed E-state index contributed by atoms with van der Waals surface area (Å²) in [5.74, 6) is 0.602. The second-order valence-electron chi connectivity index (χ2n) is 5.76. The molecule has 6 heteroatoms. The van der Waals surface area contributed by atoms with Crippen molar-refractivity contribution in [2.45, 2.75) is 6.92 Å². The normalized spacial score (nSPS) is 10.9. The van der Waals surface area contributed by atoms with E-state index in [0.717, 1.165) is 0 Å². The van der Waals surface area contributed by atoms with Crippen LogP contribution in [0.4, 0.5) is 5.69 Å². The molecule has 2 aromatic carbocycles. The molecule has 3 rings (SSSR count). The number of hydrogen-bond acceptors (Lipinski definition) is 3. The standard InChI is InChI=1S/C21H15Cl2NO3/c1-13(25)24-15-5-2-4-14(12-15)19(26)10-8-16-9-11-20(27-16)21-17(22)6-3-7-18(21)23/h2-12H,1H3,(H,24,25). The third-order valence-electron chi connectivity index (χ3n) is 3.70. The number of hydrogen-bond donors (Lipinski definition) is 1. The molecule has 136 valence electrons. The Labute approximate surface area is 166 Å². The molecule has 27 heavy (non-hydrogen) atoms. The zero-order chi connectivity index (χ0) is 19.4. The number of carbonyl (C=O) groups is 2. The number of benzene rings is 2. The maximum Gasteiger partial charge on any atom is 0.221 e. The number of nitrogens with one attached hydrogen (secondary N) is 1. The van der Waals surface area contributed by atoms with Gasteiger partial charge in [-0.05, 0) is 48.6 Å². The third-order valence-corrected chi connectivity index (χ3v) is 4.33. The lowest BCUT2D eigenvalue weighted by Crippen LogP contribution is -2.06. The topological polar surface area (TPSA) is 59.3 Å². The van der Waals surface area contributed by atoms with E-state index >= 15 is 0 Å². The maximum atomic E-state index is 12.4. The Morgan fingerprint density at radius 1 is 1.00 bits per heavy atom. The number of furan rings is 1. The van der Waals surface area contributed by atoms with E-state index in [-0.39, 0.29) is 11.7 Å². The minimum atomic E-state index is -0.212. The highest BCUT2D eigenvalue weighted by atomic mass is 35.5. The van der Waals surface area contributed by atoms with E-state index < -0.39 is 0 Å². The number of rotatable bonds is 5. The van der Waals surface area contributed by atoms with Crippen molar-refractivity contribution in [3.63, 3.8) is 0 Å². The Bertz CT molecular complexity index is 1020. The quantitative estimate of drug-likeness (QED) is 0.415. The van der Waals surface area contributed by atoms with E-state index in [2.05, 4.69) is 5.32 Å². The first-order chi connectivity index (χ1) is 12.9. The van der Waals surface area contributed by atoms with Crippen LogP contribution in [0.25, 0.3) is 17.4 Å². The molecule has 0 radical (unpaired) electrons. The van der Waals surface area contributed by atoms with E-state index in [4.69, 9.17) is 27.6 Å². The fourth-order valence-electron chi connectivity index (χ4n) is 2.52. The van der Waals surface area contributed by atoms with Gasteiger partial charge < -0.3 is 9.73 Å². The Morgan fingerprint density at radius 2 is 1.70 bits per heavy atom. The Morgan fingerprint density at radius 3 is 2.41 bits per heavy atom. The van der Waals surface area contributed by atoms with Crippen molar-refractivity contribution in [3.8, 4) is 11.3 Å². The Hall–Kier alpha value is -2.82. The van der Waals surface area contributed by atoms with E-state index in [1.807, 2.05) is 0 Å². The molecule has 0 aliphatic rings. The van der Waals surface area contributed by atoms with E-state index in [9.17, 15) is 9.59 Å². The molecule has 0 saturated carbocycles. The summed E-state index contributed by atoms with van der Waals surface area (Å²) in [6.07, 6.45) is 2.98. The zero-order valence-electron chi connectivity index (χ0n) is 14.3. The first kappa shape index (κ1) is 19.0. The van der Waals surface area contributed by atoms with E-state index in [1.165, 1.54) is 13.0 Å². The Kier molecular flexibility index (Phi) is 5.79. The second-order valence-corrected chi connectivity index (χ2v) is 6.57. The van der Waals surface area contributed by atoms with Crippen LogP contribution >= 0.6 is 23.2 Å². The molecule has 1 amide bonds. The fourth-order valence-corrected chi connectivity index (χ4v) is 3.10. The average Bonchev–Trinajstić information content (AvgIpc) is 3.08. The van der Waals surface area contributed by atoms with E-state index in [0.29, 0.717) is 38.4 Å². The van der Waals surface area contributed by atoms with Gasteiger partial charge in [0.05, 0.1) is 15.6 Å². The van der Waals surface area contributed by atoms with Crippen molar-refractivity contribution in [2.75, 3.05) is 5.32 Å². The number of carbonyl (C=O) groups excluding carboxylic acids is 2. The number of ketones is 1. The van der Waals surface area contributed by atoms with Crippen LogP contribution in [0.5, 0.6) is 0 Å². The summed E-state index contributed by atoms with van der Waals surface area (Å²) >= 11 is 12.4. The third kappa shape index (κ3) is 4.67. The molecule has 0 fully saturated rings. The maximum absolute atomic E-state index is 12.4. The van der Waals surface area contributed by atoms with Gasteiger partial charge in [-0.25, -0.2) is 0 Å². The van der Waals surface area contributed by atoms with Gasteiger partial charge >= 0.3 is 0 Å². The van der Waals surface area contributed by atoms with Gasteiger partial charge in [-0.2, -0.15) is 0 Å². The van der Waals surface area contributed by atoms with Gasteiger partial charge in [0, 0.05) is 18.2 Å². The number of anilines is 1. The molecule has 4 nitrogen and oxygen atoms in total. The van der Waals surface area contributed by atoms with Crippen molar-refractivity contribution in [3.05, 3.63) is 82.0 Å². The molecule has 1 heterocycles. The molecule has 0 aliphatic heterocycles. The molecular formula is C21H15Cl2NO3. The van der Waals surface area contributed by atoms with Crippen LogP contribution in [-0.2, 0) is 4.79 Å². The molecule has 3 aromatic rings. The summed E-state index contributed by atoms with van der Waals surface area (Å²) < 4.78 is 5.73. The minimum absolute atomic E-state index is 0.198. The highest BCUT2D eigenvalue weighted by molar-refractivity contribution is 6.39. The molecular weight excluding hydrogens is 385 g/mol. The van der Waals surface area contributed by atoms with Gasteiger partial charge in [0.25, 0.3) is 0 Å². The minimum Gasteiger partial charge on any atom is -0.457 e. The number of halogens is 2. The predicted octanol–water partition coefficient (Wildman–Crippen LogP) is 6.11. The lowest BCUT2D eigenvalue weighted by atomic mass is 10.1. The Balaban J connectivity index is 1.78. The molecule has 0 unspecified atom stereocenters. The first-order valence-corrected chi connectivity index (χ1v) is 8.84. The largest absolute Gasteiger partial charge is 0.457 e. The highest BCUT2D eigenvalue weighted by Crippen LogP contribution is 2.35. The zero-order valence-corrected chi connectivity index (χ0v) is 15.8. The first-order valence-electron chi connectivity index (χ1n) is 8.08. The summed E-state index contributed by atoms with van der Waals surface area (Å²) in [7, 11) is 0. The van der Waals surface area contributed by atoms with Crippen LogP contribution in [0.15, 0.2) is 65.1 Å². The SMILES string of the molecule is CC(=O)Nc1cccc(C(=O)C=Cc2ccc(-c3c(Cl)cccc3Cl)o2)c1. The molecule has 1 N–H and O–H groups in total. The molecule has 1 aromatic heterocycles. The van der Waals surface area contributed by atoms with Gasteiger partial charge in [0.15, 0.2) is 5.78 Å². The van der Waals surface area contributed by atoms with Crippen molar-refractivity contribution in [1.82, 2.24) is 0 Å². The van der Waals surface area contributed by atoms with Crippen LogP contribution in [0.3, 0.4) is 0 Å². The number of amides is 1. The molecule has 0 atom stereocenters. The lowest BCUT2D eigenvalue weighted by Gasteiger charge is -2.03. The fraction of sp³-hybridized carbons (Fsp3) is 0.0476. The molecule has 0 saturated heterocycles. The van der Waals surface area contributed by atoms with Gasteiger partial charge in [-0.3, -0.25) is 9.59 Å². The van der Waals surface area contributed by atoms with E-state index in [1.54, 1.807) is 60.7 Å². The molecule has 0 aliphatic carbocycles. The summed E-state index contributed by atoms with van der Waals surface area (Å²) in [6, 6.07) is 15.4. The summed E-state index contributed by atoms with van der Waals surface area (Å²) in [5.41, 5.74) is 1.63. The average molecular weight is 400 g/mol. The van der Waals surface area contributed by atoms with Crippen LogP contribution in [0.1, 0.15) is 23.0 Å². The van der Waals surface area contributed by atoms with Gasteiger partial charge in [0.2, 0.25) is 5.91 Å².